The number of piperidine rings is 1. The highest BCUT2D eigenvalue weighted by atomic mass is 32.2. The molecule has 8 nitrogen and oxygen atoms in total. The molecule has 2 aromatic carbocycles. The van der Waals surface area contributed by atoms with Gasteiger partial charge in [0, 0.05) is 19.1 Å². The lowest BCUT2D eigenvalue weighted by molar-refractivity contribution is 0.0944. The van der Waals surface area contributed by atoms with Crippen molar-refractivity contribution in [3.05, 3.63) is 53.6 Å². The molecule has 2 N–H and O–H groups in total. The van der Waals surface area contributed by atoms with Crippen LogP contribution in [0.2, 0.25) is 0 Å². The van der Waals surface area contributed by atoms with Crippen molar-refractivity contribution >= 4 is 27.5 Å². The monoisotopic (exact) mass is 459 g/mol. The molecule has 1 saturated heterocycles. The van der Waals surface area contributed by atoms with Crippen molar-refractivity contribution in [3.8, 4) is 5.75 Å². The maximum absolute atomic E-state index is 13.1. The van der Waals surface area contributed by atoms with Gasteiger partial charge in [-0.3, -0.25) is 9.59 Å². The fourth-order valence-corrected chi connectivity index (χ4v) is 5.14. The first-order chi connectivity index (χ1) is 15.2. The Morgan fingerprint density at radius 3 is 2.31 bits per heavy atom. The third-order valence-corrected chi connectivity index (χ3v) is 7.10. The molecule has 3 rings (SSSR count). The van der Waals surface area contributed by atoms with Gasteiger partial charge >= 0.3 is 0 Å². The number of carbonyl (C=O) groups excluding carboxylic acids is 2. The van der Waals surface area contributed by atoms with E-state index < -0.39 is 15.9 Å². The number of rotatable bonds is 7. The van der Waals surface area contributed by atoms with E-state index in [1.165, 1.54) is 29.6 Å². The summed E-state index contributed by atoms with van der Waals surface area (Å²) < 4.78 is 32.9. The van der Waals surface area contributed by atoms with E-state index in [9.17, 15) is 18.0 Å². The number of methoxy groups -OCH3 is 1. The molecule has 0 radical (unpaired) electrons. The molecule has 1 fully saturated rings. The predicted octanol–water partition coefficient (Wildman–Crippen LogP) is 3.26. The van der Waals surface area contributed by atoms with E-state index in [1.807, 2.05) is 13.8 Å². The summed E-state index contributed by atoms with van der Waals surface area (Å²) in [6.45, 7) is 4.62. The molecule has 0 atom stereocenters. The lowest BCUT2D eigenvalue weighted by Crippen LogP contribution is -2.35. The second-order valence-corrected chi connectivity index (χ2v) is 9.89. The van der Waals surface area contributed by atoms with Crippen LogP contribution in [0.15, 0.2) is 47.4 Å². The Morgan fingerprint density at radius 1 is 0.969 bits per heavy atom. The van der Waals surface area contributed by atoms with E-state index in [4.69, 9.17) is 4.74 Å². The van der Waals surface area contributed by atoms with Gasteiger partial charge in [0.15, 0.2) is 0 Å². The van der Waals surface area contributed by atoms with Gasteiger partial charge in [0.2, 0.25) is 10.0 Å². The van der Waals surface area contributed by atoms with E-state index in [1.54, 1.807) is 24.3 Å². The first kappa shape index (κ1) is 23.7. The Labute approximate surface area is 189 Å². The number of hydrogen-bond donors (Lipinski definition) is 2. The fourth-order valence-electron chi connectivity index (χ4n) is 3.60. The Balaban J connectivity index is 1.92. The number of carbonyl (C=O) groups is 2. The number of amides is 2. The molecule has 9 heteroatoms. The maximum atomic E-state index is 13.1. The van der Waals surface area contributed by atoms with Crippen LogP contribution < -0.4 is 15.4 Å². The first-order valence-corrected chi connectivity index (χ1v) is 12.1. The third kappa shape index (κ3) is 5.28. The second kappa shape index (κ2) is 10.1. The number of sulfonamides is 1. The first-order valence-electron chi connectivity index (χ1n) is 10.6. The van der Waals surface area contributed by atoms with Crippen LogP contribution in [0.25, 0.3) is 0 Å². The Bertz CT molecular complexity index is 1090. The summed E-state index contributed by atoms with van der Waals surface area (Å²) in [7, 11) is -2.31. The molecule has 0 unspecified atom stereocenters. The van der Waals surface area contributed by atoms with Crippen molar-refractivity contribution in [3.63, 3.8) is 0 Å². The molecule has 0 bridgehead atoms. The van der Waals surface area contributed by atoms with Crippen molar-refractivity contribution in [1.82, 2.24) is 9.62 Å². The van der Waals surface area contributed by atoms with Gasteiger partial charge in [-0.1, -0.05) is 18.6 Å². The maximum Gasteiger partial charge on any atom is 0.259 e. The van der Waals surface area contributed by atoms with Gasteiger partial charge in [-0.2, -0.15) is 4.31 Å². The molecule has 1 aliphatic rings. The molecule has 32 heavy (non-hydrogen) atoms. The van der Waals surface area contributed by atoms with Gasteiger partial charge in [0.25, 0.3) is 11.8 Å². The summed E-state index contributed by atoms with van der Waals surface area (Å²) in [4.78, 5) is 25.7. The zero-order valence-electron chi connectivity index (χ0n) is 18.6. The fraction of sp³-hybridized carbons (Fsp3) is 0.391. The van der Waals surface area contributed by atoms with Crippen LogP contribution in [0.5, 0.6) is 5.75 Å². The summed E-state index contributed by atoms with van der Waals surface area (Å²) in [5.74, 6) is -0.643. The molecule has 0 aliphatic carbocycles. The van der Waals surface area contributed by atoms with Gasteiger partial charge in [-0.15, -0.1) is 0 Å². The minimum absolute atomic E-state index is 0.0381. The molecule has 1 heterocycles. The van der Waals surface area contributed by atoms with Crippen molar-refractivity contribution in [1.29, 1.82) is 0 Å². The molecular formula is C23H29N3O5S. The summed E-state index contributed by atoms with van der Waals surface area (Å²) in [6.07, 6.45) is 2.64. The molecule has 172 valence electrons. The molecule has 0 aromatic heterocycles. The van der Waals surface area contributed by atoms with Crippen molar-refractivity contribution in [2.24, 2.45) is 0 Å². The molecule has 0 spiro atoms. The van der Waals surface area contributed by atoms with E-state index in [0.29, 0.717) is 24.3 Å². The van der Waals surface area contributed by atoms with Gasteiger partial charge in [0.05, 0.1) is 28.8 Å². The van der Waals surface area contributed by atoms with Crippen LogP contribution in [0.1, 0.15) is 53.8 Å². The van der Waals surface area contributed by atoms with Crippen LogP contribution in [-0.4, -0.2) is 50.8 Å². The smallest absolute Gasteiger partial charge is 0.259 e. The Morgan fingerprint density at radius 2 is 1.66 bits per heavy atom. The Kier molecular flexibility index (Phi) is 7.52. The molecule has 1 aliphatic heterocycles. The standard InChI is InChI=1S/C23H29N3O5S/c1-16(2)24-22(27)18-9-5-6-10-20(18)25-23(28)19-15-17(11-12-21(19)31-3)32(29,30)26-13-7-4-8-14-26/h5-6,9-12,15-16H,4,7-8,13-14H2,1-3H3,(H,24,27)(H,25,28). The zero-order chi connectivity index (χ0) is 23.3. The number of hydrogen-bond acceptors (Lipinski definition) is 5. The Hall–Kier alpha value is -2.91. The lowest BCUT2D eigenvalue weighted by Gasteiger charge is -2.26. The van der Waals surface area contributed by atoms with Crippen molar-refractivity contribution < 1.29 is 22.7 Å². The van der Waals surface area contributed by atoms with Crippen LogP contribution in [0.3, 0.4) is 0 Å². The van der Waals surface area contributed by atoms with Gasteiger partial charge < -0.3 is 15.4 Å². The van der Waals surface area contributed by atoms with Crippen LogP contribution in [0, 0.1) is 0 Å². The highest BCUT2D eigenvalue weighted by Gasteiger charge is 2.28. The number of benzene rings is 2. The zero-order valence-corrected chi connectivity index (χ0v) is 19.4. The third-order valence-electron chi connectivity index (χ3n) is 5.21. The number of nitrogens with zero attached hydrogens (tertiary/aromatic N) is 1. The van der Waals surface area contributed by atoms with Gasteiger partial charge in [0.1, 0.15) is 5.75 Å². The minimum Gasteiger partial charge on any atom is -0.496 e. The highest BCUT2D eigenvalue weighted by Crippen LogP contribution is 2.27. The average molecular weight is 460 g/mol. The van der Waals surface area contributed by atoms with Crippen LogP contribution >= 0.6 is 0 Å². The summed E-state index contributed by atoms with van der Waals surface area (Å²) in [5, 5.41) is 5.53. The van der Waals surface area contributed by atoms with Crippen LogP contribution in [-0.2, 0) is 10.0 Å². The molecular weight excluding hydrogens is 430 g/mol. The predicted molar refractivity (Wildman–Crippen MR) is 123 cm³/mol. The van der Waals surface area contributed by atoms with E-state index >= 15 is 0 Å². The molecule has 0 saturated carbocycles. The topological polar surface area (TPSA) is 105 Å². The molecule has 2 aromatic rings. The molecule has 2 amide bonds. The normalized spacial score (nSPS) is 14.8. The second-order valence-electron chi connectivity index (χ2n) is 7.95. The van der Waals surface area contributed by atoms with Gasteiger partial charge in [-0.05, 0) is 57.0 Å². The SMILES string of the molecule is COc1ccc(S(=O)(=O)N2CCCCC2)cc1C(=O)Nc1ccccc1C(=O)NC(C)C. The summed E-state index contributed by atoms with van der Waals surface area (Å²) >= 11 is 0. The lowest BCUT2D eigenvalue weighted by atomic mass is 10.1. The quantitative estimate of drug-likeness (QED) is 0.661. The number of nitrogens with one attached hydrogen (secondary N) is 2. The summed E-state index contributed by atoms with van der Waals surface area (Å²) in [5.41, 5.74) is 0.706. The van der Waals surface area contributed by atoms with Gasteiger partial charge in [-0.25, -0.2) is 8.42 Å². The summed E-state index contributed by atoms with van der Waals surface area (Å²) in [6, 6.07) is 10.8. The number of ether oxygens (including phenoxy) is 1. The van der Waals surface area contributed by atoms with Crippen molar-refractivity contribution in [2.75, 3.05) is 25.5 Å². The number of para-hydroxylation sites is 1. The average Bonchev–Trinajstić information content (AvgIpc) is 2.79. The van der Waals surface area contributed by atoms with E-state index in [0.717, 1.165) is 19.3 Å². The van der Waals surface area contributed by atoms with Crippen LogP contribution in [0.4, 0.5) is 5.69 Å². The number of anilines is 1. The van der Waals surface area contributed by atoms with Crippen molar-refractivity contribution in [2.45, 2.75) is 44.0 Å². The highest BCUT2D eigenvalue weighted by molar-refractivity contribution is 7.89. The van der Waals surface area contributed by atoms with E-state index in [-0.39, 0.29) is 28.2 Å². The minimum atomic E-state index is -3.72. The van der Waals surface area contributed by atoms with E-state index in [2.05, 4.69) is 10.6 Å². The largest absolute Gasteiger partial charge is 0.496 e.